The van der Waals surface area contributed by atoms with Gasteiger partial charge in [-0.2, -0.15) is 9.61 Å². The largest absolute Gasteiger partial charge is 0.370 e. The minimum absolute atomic E-state index is 0.254. The van der Waals surface area contributed by atoms with Gasteiger partial charge in [-0.25, -0.2) is 13.8 Å². The molecule has 0 unspecified atom stereocenters. The number of fused-ring (bicyclic) bond motifs is 2. The number of anilines is 1. The van der Waals surface area contributed by atoms with E-state index in [4.69, 9.17) is 0 Å². The molecule has 0 fully saturated rings. The zero-order valence-electron chi connectivity index (χ0n) is 16.2. The number of halogens is 2. The molecule has 8 heteroatoms. The Kier molecular flexibility index (Phi) is 4.39. The van der Waals surface area contributed by atoms with Crippen LogP contribution in [0.2, 0.25) is 0 Å². The third kappa shape index (κ3) is 3.16. The minimum atomic E-state index is -0.417. The van der Waals surface area contributed by atoms with E-state index >= 15 is 0 Å². The lowest BCUT2D eigenvalue weighted by atomic mass is 10.1. The molecule has 0 spiro atoms. The third-order valence-corrected chi connectivity index (χ3v) is 5.15. The van der Waals surface area contributed by atoms with E-state index in [0.717, 1.165) is 28.7 Å². The molecule has 0 atom stereocenters. The number of rotatable bonds is 5. The van der Waals surface area contributed by atoms with E-state index in [9.17, 15) is 8.78 Å². The van der Waals surface area contributed by atoms with Crippen molar-refractivity contribution < 1.29 is 8.78 Å². The van der Waals surface area contributed by atoms with Gasteiger partial charge in [0.2, 0.25) is 0 Å². The Hall–Kier alpha value is -3.81. The molecule has 0 aliphatic carbocycles. The first-order valence-electron chi connectivity index (χ1n) is 9.55. The van der Waals surface area contributed by atoms with Crippen LogP contribution in [0, 0.1) is 18.6 Å². The summed E-state index contributed by atoms with van der Waals surface area (Å²) in [5.74, 6) is 0.0581. The van der Waals surface area contributed by atoms with Crippen LogP contribution in [-0.2, 0) is 6.42 Å². The number of aryl methyl sites for hydroxylation is 1. The van der Waals surface area contributed by atoms with Crippen LogP contribution in [-0.4, -0.2) is 31.1 Å². The van der Waals surface area contributed by atoms with Gasteiger partial charge in [0.1, 0.15) is 17.5 Å². The molecule has 0 amide bonds. The van der Waals surface area contributed by atoms with E-state index in [2.05, 4.69) is 25.4 Å². The van der Waals surface area contributed by atoms with Crippen molar-refractivity contribution in [3.05, 3.63) is 77.9 Å². The van der Waals surface area contributed by atoms with E-state index in [1.54, 1.807) is 29.0 Å². The van der Waals surface area contributed by atoms with Gasteiger partial charge in [-0.1, -0.05) is 12.1 Å². The average Bonchev–Trinajstić information content (AvgIpc) is 3.33. The molecule has 6 nitrogen and oxygen atoms in total. The number of aromatic amines is 1. The Morgan fingerprint density at radius 2 is 2.03 bits per heavy atom. The predicted molar refractivity (Wildman–Crippen MR) is 111 cm³/mol. The maximum Gasteiger partial charge on any atom is 0.157 e. The Balaban J connectivity index is 1.44. The van der Waals surface area contributed by atoms with Crippen LogP contribution >= 0.6 is 0 Å². The van der Waals surface area contributed by atoms with Crippen LogP contribution in [0.3, 0.4) is 0 Å². The molecule has 150 valence electrons. The lowest BCUT2D eigenvalue weighted by Crippen LogP contribution is -2.10. The average molecular weight is 404 g/mol. The molecule has 0 aliphatic rings. The highest BCUT2D eigenvalue weighted by molar-refractivity contribution is 5.85. The molecular formula is C22H18F2N6. The molecule has 30 heavy (non-hydrogen) atoms. The van der Waals surface area contributed by atoms with Crippen LogP contribution < -0.4 is 5.32 Å². The number of aromatic nitrogens is 5. The second-order valence-electron chi connectivity index (χ2n) is 7.09. The van der Waals surface area contributed by atoms with E-state index in [-0.39, 0.29) is 5.82 Å². The van der Waals surface area contributed by atoms with Gasteiger partial charge in [0.15, 0.2) is 5.65 Å². The summed E-state index contributed by atoms with van der Waals surface area (Å²) in [5, 5.41) is 8.58. The number of nitrogens with zero attached hydrogens (tertiary/aromatic N) is 4. The monoisotopic (exact) mass is 404 g/mol. The maximum atomic E-state index is 14.0. The fourth-order valence-electron chi connectivity index (χ4n) is 3.74. The number of pyridine rings is 1. The summed E-state index contributed by atoms with van der Waals surface area (Å²) in [6.07, 6.45) is 5.09. The highest BCUT2D eigenvalue weighted by atomic mass is 19.1. The first-order chi connectivity index (χ1) is 14.6. The second kappa shape index (κ2) is 7.22. The Morgan fingerprint density at radius 3 is 2.90 bits per heavy atom. The predicted octanol–water partition coefficient (Wildman–Crippen LogP) is 4.51. The zero-order chi connectivity index (χ0) is 20.7. The maximum absolute atomic E-state index is 14.0. The smallest absolute Gasteiger partial charge is 0.157 e. The second-order valence-corrected chi connectivity index (χ2v) is 7.09. The van der Waals surface area contributed by atoms with E-state index < -0.39 is 5.82 Å². The highest BCUT2D eigenvalue weighted by Crippen LogP contribution is 2.25. The van der Waals surface area contributed by atoms with Gasteiger partial charge < -0.3 is 10.3 Å². The van der Waals surface area contributed by atoms with E-state index in [0.29, 0.717) is 35.4 Å². The van der Waals surface area contributed by atoms with Crippen LogP contribution in [0.15, 0.2) is 55.0 Å². The normalized spacial score (nSPS) is 11.4. The summed E-state index contributed by atoms with van der Waals surface area (Å²) in [5.41, 5.74) is 4.38. The molecule has 0 radical (unpaired) electrons. The molecule has 0 saturated carbocycles. The van der Waals surface area contributed by atoms with Crippen molar-refractivity contribution in [1.29, 1.82) is 0 Å². The lowest BCUT2D eigenvalue weighted by molar-refractivity contribution is 0.622. The molecule has 4 heterocycles. The molecule has 1 aromatic carbocycles. The first-order valence-corrected chi connectivity index (χ1v) is 9.55. The van der Waals surface area contributed by atoms with Crippen LogP contribution in [0.25, 0.3) is 27.8 Å². The third-order valence-electron chi connectivity index (χ3n) is 5.15. The van der Waals surface area contributed by atoms with Crippen molar-refractivity contribution in [2.75, 3.05) is 11.9 Å². The number of benzene rings is 1. The van der Waals surface area contributed by atoms with Crippen LogP contribution in [0.5, 0.6) is 0 Å². The summed E-state index contributed by atoms with van der Waals surface area (Å²) >= 11 is 0. The summed E-state index contributed by atoms with van der Waals surface area (Å²) in [6.45, 7) is 2.55. The van der Waals surface area contributed by atoms with Crippen molar-refractivity contribution in [2.45, 2.75) is 13.3 Å². The fraction of sp³-hybridized carbons (Fsp3) is 0.136. The number of nitrogens with one attached hydrogen (secondary N) is 2. The number of hydrogen-bond acceptors (Lipinski definition) is 4. The van der Waals surface area contributed by atoms with Gasteiger partial charge in [0, 0.05) is 41.5 Å². The minimum Gasteiger partial charge on any atom is -0.370 e. The molecule has 0 aliphatic heterocycles. The summed E-state index contributed by atoms with van der Waals surface area (Å²) in [7, 11) is 0. The highest BCUT2D eigenvalue weighted by Gasteiger charge is 2.13. The van der Waals surface area contributed by atoms with Crippen molar-refractivity contribution in [3.8, 4) is 11.3 Å². The number of H-pyrrole nitrogens is 1. The standard InChI is InChI=1S/C22H18F2N6/c1-13-16(17-3-2-4-18(24)22(17)28-13)5-7-26-21-10-19(14-9-15(23)12-25-11-14)29-20-6-8-27-30(20)21/h2-4,6,8-12,26,28H,5,7H2,1H3. The van der Waals surface area contributed by atoms with Gasteiger partial charge in [-0.05, 0) is 31.0 Å². The van der Waals surface area contributed by atoms with Crippen LogP contribution in [0.1, 0.15) is 11.3 Å². The Labute approximate surface area is 170 Å². The fourth-order valence-corrected chi connectivity index (χ4v) is 3.74. The van der Waals surface area contributed by atoms with Crippen LogP contribution in [0.4, 0.5) is 14.6 Å². The molecular weight excluding hydrogens is 386 g/mol. The van der Waals surface area contributed by atoms with Gasteiger partial charge in [-0.15, -0.1) is 0 Å². The summed E-state index contributed by atoms with van der Waals surface area (Å²) < 4.78 is 29.3. The summed E-state index contributed by atoms with van der Waals surface area (Å²) in [6, 6.07) is 10.1. The van der Waals surface area contributed by atoms with E-state index in [1.807, 2.05) is 19.1 Å². The molecule has 4 aromatic heterocycles. The van der Waals surface area contributed by atoms with Crippen molar-refractivity contribution in [2.24, 2.45) is 0 Å². The van der Waals surface area contributed by atoms with Gasteiger partial charge >= 0.3 is 0 Å². The number of para-hydroxylation sites is 1. The van der Waals surface area contributed by atoms with Crippen molar-refractivity contribution in [3.63, 3.8) is 0 Å². The van der Waals surface area contributed by atoms with Crippen molar-refractivity contribution >= 4 is 22.4 Å². The zero-order valence-corrected chi connectivity index (χ0v) is 16.2. The Morgan fingerprint density at radius 1 is 1.13 bits per heavy atom. The molecule has 0 saturated heterocycles. The van der Waals surface area contributed by atoms with Gasteiger partial charge in [-0.3, -0.25) is 4.98 Å². The van der Waals surface area contributed by atoms with Crippen molar-refractivity contribution in [1.82, 2.24) is 24.6 Å². The molecule has 2 N–H and O–H groups in total. The van der Waals surface area contributed by atoms with Gasteiger partial charge in [0.05, 0.1) is 23.6 Å². The van der Waals surface area contributed by atoms with E-state index in [1.165, 1.54) is 12.1 Å². The molecule has 5 rings (SSSR count). The topological polar surface area (TPSA) is 70.9 Å². The quantitative estimate of drug-likeness (QED) is 0.452. The summed E-state index contributed by atoms with van der Waals surface area (Å²) in [4.78, 5) is 11.6. The molecule has 5 aromatic rings. The number of hydrogen-bond donors (Lipinski definition) is 2. The lowest BCUT2D eigenvalue weighted by Gasteiger charge is -2.11. The Bertz CT molecular complexity index is 1370. The molecule has 0 bridgehead atoms. The SMILES string of the molecule is Cc1[nH]c2c(F)cccc2c1CCNc1cc(-c2cncc(F)c2)nc2ccnn12. The van der Waals surface area contributed by atoms with Gasteiger partial charge in [0.25, 0.3) is 0 Å². The first kappa shape index (κ1) is 18.2.